The number of aliphatic hydroxyl groups excluding tert-OH is 3. The van der Waals surface area contributed by atoms with Crippen molar-refractivity contribution in [1.82, 2.24) is 0 Å². The molecule has 4 aliphatic carbocycles. The van der Waals surface area contributed by atoms with Gasteiger partial charge in [0.05, 0.1) is 18.3 Å². The van der Waals surface area contributed by atoms with Crippen LogP contribution in [-0.4, -0.2) is 33.6 Å². The van der Waals surface area contributed by atoms with E-state index in [4.69, 9.17) is 0 Å². The molecule has 0 heterocycles. The fourth-order valence-electron chi connectivity index (χ4n) is 6.60. The summed E-state index contributed by atoms with van der Waals surface area (Å²) >= 11 is 0. The fraction of sp³-hybridized carbons (Fsp3) is 0.810. The molecule has 0 aromatic heterocycles. The van der Waals surface area contributed by atoms with E-state index in [2.05, 4.69) is 32.8 Å². The Bertz CT molecular complexity index is 538. The Labute approximate surface area is 146 Å². The summed E-state index contributed by atoms with van der Waals surface area (Å²) < 4.78 is 0. The van der Waals surface area contributed by atoms with Crippen LogP contribution in [-0.2, 0) is 0 Å². The number of aliphatic hydroxyl groups is 3. The van der Waals surface area contributed by atoms with Crippen molar-refractivity contribution >= 4 is 0 Å². The van der Waals surface area contributed by atoms with Gasteiger partial charge in [-0.2, -0.15) is 0 Å². The second-order valence-electron chi connectivity index (χ2n) is 8.92. The second kappa shape index (κ2) is 6.16. The molecule has 5 unspecified atom stereocenters. The van der Waals surface area contributed by atoms with Crippen molar-refractivity contribution in [3.05, 3.63) is 11.6 Å². The van der Waals surface area contributed by atoms with Crippen LogP contribution in [0.3, 0.4) is 0 Å². The molecule has 0 bridgehead atoms. The largest absolute Gasteiger partial charge is 0.393 e. The first-order valence-corrected chi connectivity index (χ1v) is 9.45. The third kappa shape index (κ3) is 2.38. The molecule has 0 spiro atoms. The van der Waals surface area contributed by atoms with Crippen molar-refractivity contribution in [2.75, 3.05) is 0 Å². The Kier molecular flexibility index (Phi) is 4.62. The number of fused-ring (bicyclic) bond motifs is 5. The zero-order valence-electron chi connectivity index (χ0n) is 15.0. The summed E-state index contributed by atoms with van der Waals surface area (Å²) in [6.07, 6.45) is 16.0. The lowest BCUT2D eigenvalue weighted by atomic mass is 9.47. The first kappa shape index (κ1) is 18.0. The highest BCUT2D eigenvalue weighted by Crippen LogP contribution is 2.64. The predicted molar refractivity (Wildman–Crippen MR) is 95.0 cm³/mol. The van der Waals surface area contributed by atoms with Gasteiger partial charge in [0.1, 0.15) is 0 Å². The zero-order chi connectivity index (χ0) is 17.7. The third-order valence-corrected chi connectivity index (χ3v) is 8.05. The number of terminal acetylenes is 1. The molecule has 0 amide bonds. The molecule has 8 atom stereocenters. The molecule has 0 aromatic rings. The monoisotopic (exact) mass is 332 g/mol. The molecule has 0 aromatic carbocycles. The van der Waals surface area contributed by atoms with Crippen molar-refractivity contribution in [3.8, 4) is 12.8 Å². The van der Waals surface area contributed by atoms with Gasteiger partial charge in [-0.3, -0.25) is 0 Å². The van der Waals surface area contributed by atoms with E-state index in [1.54, 1.807) is 0 Å². The predicted octanol–water partition coefficient (Wildman–Crippen LogP) is 2.89. The van der Waals surface area contributed by atoms with Crippen molar-refractivity contribution in [2.24, 2.45) is 28.6 Å². The van der Waals surface area contributed by atoms with Crippen LogP contribution < -0.4 is 0 Å². The van der Waals surface area contributed by atoms with Gasteiger partial charge in [0.25, 0.3) is 0 Å². The lowest BCUT2D eigenvalue weighted by Gasteiger charge is -2.58. The van der Waals surface area contributed by atoms with E-state index in [9.17, 15) is 15.3 Å². The number of rotatable bonds is 0. The van der Waals surface area contributed by atoms with Gasteiger partial charge in [-0.25, -0.2) is 0 Å². The third-order valence-electron chi connectivity index (χ3n) is 8.05. The van der Waals surface area contributed by atoms with Gasteiger partial charge in [-0.1, -0.05) is 25.5 Å². The molecule has 3 N–H and O–H groups in total. The Balaban J connectivity index is 0.000000815. The standard InChI is InChI=1S/C19H30O3.C2H2/c1-18-7-5-12(20)9-11(18)10-15(21)17-13-3-4-16(22)19(13,2)8-6-14(17)18;1-2/h10,12-17,20-22H,3-9H2,1-2H3;1-2H/t12?,13?,14?,15-,16?,17?,18-,19-;/m0./s1. The van der Waals surface area contributed by atoms with Gasteiger partial charge in [0, 0.05) is 0 Å². The van der Waals surface area contributed by atoms with E-state index >= 15 is 0 Å². The van der Waals surface area contributed by atoms with E-state index in [1.165, 1.54) is 5.57 Å². The highest BCUT2D eigenvalue weighted by atomic mass is 16.3. The minimum atomic E-state index is -0.395. The number of hydrogen-bond acceptors (Lipinski definition) is 3. The minimum absolute atomic E-state index is 0.00195. The highest BCUT2D eigenvalue weighted by molar-refractivity contribution is 5.27. The second-order valence-corrected chi connectivity index (χ2v) is 8.92. The van der Waals surface area contributed by atoms with E-state index in [0.717, 1.165) is 44.9 Å². The summed E-state index contributed by atoms with van der Waals surface area (Å²) in [4.78, 5) is 0. The summed E-state index contributed by atoms with van der Waals surface area (Å²) in [5, 5.41) is 31.3. The van der Waals surface area contributed by atoms with Gasteiger partial charge in [-0.05, 0) is 73.5 Å². The molecule has 134 valence electrons. The van der Waals surface area contributed by atoms with Gasteiger partial charge < -0.3 is 15.3 Å². The van der Waals surface area contributed by atoms with Crippen LogP contribution >= 0.6 is 0 Å². The van der Waals surface area contributed by atoms with Crippen molar-refractivity contribution < 1.29 is 15.3 Å². The Morgan fingerprint density at radius 3 is 2.38 bits per heavy atom. The van der Waals surface area contributed by atoms with Crippen molar-refractivity contribution in [3.63, 3.8) is 0 Å². The first-order valence-electron chi connectivity index (χ1n) is 9.45. The van der Waals surface area contributed by atoms with E-state index in [0.29, 0.717) is 17.8 Å². The molecule has 3 heteroatoms. The zero-order valence-corrected chi connectivity index (χ0v) is 15.0. The van der Waals surface area contributed by atoms with Crippen LogP contribution in [0.5, 0.6) is 0 Å². The van der Waals surface area contributed by atoms with Crippen LogP contribution in [0.25, 0.3) is 0 Å². The summed E-state index contributed by atoms with van der Waals surface area (Å²) in [7, 11) is 0. The lowest BCUT2D eigenvalue weighted by Crippen LogP contribution is -2.55. The summed E-state index contributed by atoms with van der Waals surface area (Å²) in [6.45, 7) is 4.60. The minimum Gasteiger partial charge on any atom is -0.393 e. The molecule has 0 aliphatic heterocycles. The van der Waals surface area contributed by atoms with Gasteiger partial charge in [-0.15, -0.1) is 12.8 Å². The smallest absolute Gasteiger partial charge is 0.0757 e. The molecule has 24 heavy (non-hydrogen) atoms. The highest BCUT2D eigenvalue weighted by Gasteiger charge is 2.60. The van der Waals surface area contributed by atoms with Crippen LogP contribution in [0.2, 0.25) is 0 Å². The quantitative estimate of drug-likeness (QED) is 0.472. The van der Waals surface area contributed by atoms with E-state index in [1.807, 2.05) is 0 Å². The molecular weight excluding hydrogens is 300 g/mol. The molecular formula is C21H32O3. The maximum absolute atomic E-state index is 10.9. The van der Waals surface area contributed by atoms with Gasteiger partial charge in [0.2, 0.25) is 0 Å². The van der Waals surface area contributed by atoms with Gasteiger partial charge in [0.15, 0.2) is 0 Å². The van der Waals surface area contributed by atoms with Crippen LogP contribution in [0.4, 0.5) is 0 Å². The van der Waals surface area contributed by atoms with E-state index in [-0.39, 0.29) is 23.0 Å². The number of hydrogen-bond donors (Lipinski definition) is 3. The van der Waals surface area contributed by atoms with Crippen molar-refractivity contribution in [1.29, 1.82) is 0 Å². The Morgan fingerprint density at radius 2 is 1.67 bits per heavy atom. The molecule has 0 radical (unpaired) electrons. The Hall–Kier alpha value is -0.820. The van der Waals surface area contributed by atoms with E-state index < -0.39 is 6.10 Å². The average Bonchev–Trinajstić information content (AvgIpc) is 2.87. The van der Waals surface area contributed by atoms with Crippen LogP contribution in [0, 0.1) is 41.4 Å². The molecule has 4 aliphatic rings. The topological polar surface area (TPSA) is 60.7 Å². The molecule has 3 fully saturated rings. The molecule has 4 rings (SSSR count). The first-order chi connectivity index (χ1) is 11.4. The Morgan fingerprint density at radius 1 is 0.958 bits per heavy atom. The molecule has 3 nitrogen and oxygen atoms in total. The maximum atomic E-state index is 10.9. The van der Waals surface area contributed by atoms with Crippen LogP contribution in [0.1, 0.15) is 58.8 Å². The lowest BCUT2D eigenvalue weighted by molar-refractivity contribution is -0.105. The summed E-state index contributed by atoms with van der Waals surface area (Å²) in [5.74, 6) is 1.25. The molecule has 3 saturated carbocycles. The summed E-state index contributed by atoms with van der Waals surface area (Å²) in [5.41, 5.74) is 1.44. The van der Waals surface area contributed by atoms with Gasteiger partial charge >= 0.3 is 0 Å². The fourth-order valence-corrected chi connectivity index (χ4v) is 6.60. The summed E-state index contributed by atoms with van der Waals surface area (Å²) in [6, 6.07) is 0. The van der Waals surface area contributed by atoms with Crippen LogP contribution in [0.15, 0.2) is 11.6 Å². The van der Waals surface area contributed by atoms with Crippen molar-refractivity contribution in [2.45, 2.75) is 77.1 Å². The molecule has 0 saturated heterocycles. The SMILES string of the molecule is C#C.C[C@]12CCC3C(C1CCC2O)[C@@H](O)C=C1CC(O)CC[C@@]13C. The normalized spacial score (nSPS) is 52.9. The average molecular weight is 332 g/mol. The maximum Gasteiger partial charge on any atom is 0.0757 e.